The van der Waals surface area contributed by atoms with E-state index in [9.17, 15) is 18.9 Å². The highest BCUT2D eigenvalue weighted by molar-refractivity contribution is 7.56. The molecule has 0 spiro atoms. The van der Waals surface area contributed by atoms with Gasteiger partial charge in [-0.15, -0.1) is 0 Å². The van der Waals surface area contributed by atoms with E-state index in [1.807, 2.05) is 57.2 Å². The van der Waals surface area contributed by atoms with E-state index in [0.29, 0.717) is 12.3 Å². The first-order chi connectivity index (χ1) is 20.5. The van der Waals surface area contributed by atoms with Gasteiger partial charge < -0.3 is 28.9 Å². The molecule has 1 aliphatic rings. The molecular weight excluding hydrogens is 571 g/mol. The predicted octanol–water partition coefficient (Wildman–Crippen LogP) is 5.67. The summed E-state index contributed by atoms with van der Waals surface area (Å²) in [6.07, 6.45) is 1.25. The zero-order valence-electron chi connectivity index (χ0n) is 26.1. The summed E-state index contributed by atoms with van der Waals surface area (Å²) in [4.78, 5) is 48.1. The minimum absolute atomic E-state index is 0.00730. The standard InChI is InChI=1S/C31H45N4O7P/c1-7-10-20-40-30(38)35-18-16-34(17-19-35)29(37)31(6,43(39,41-8-2)42-9-3)33-28(36)27-22-25(23(4)5)21-26(32-27)24-14-12-11-13-15-24/h11-15,21-23H,7-10,16-20H2,1-6H3,(H,33,36). The van der Waals surface area contributed by atoms with Crippen molar-refractivity contribution in [1.82, 2.24) is 20.1 Å². The Morgan fingerprint density at radius 3 is 2.14 bits per heavy atom. The maximum absolute atomic E-state index is 14.3. The normalized spacial score (nSPS) is 15.2. The highest BCUT2D eigenvalue weighted by atomic mass is 31.2. The van der Waals surface area contributed by atoms with Crippen molar-refractivity contribution in [3.05, 3.63) is 53.7 Å². The molecule has 0 saturated carbocycles. The first-order valence-electron chi connectivity index (χ1n) is 15.0. The molecule has 1 N–H and O–H groups in total. The largest absolute Gasteiger partial charge is 0.449 e. The highest BCUT2D eigenvalue weighted by Gasteiger charge is 2.56. The van der Waals surface area contributed by atoms with E-state index < -0.39 is 30.8 Å². The van der Waals surface area contributed by atoms with Crippen molar-refractivity contribution < 1.29 is 32.7 Å². The van der Waals surface area contributed by atoms with Gasteiger partial charge >= 0.3 is 13.7 Å². The first-order valence-corrected chi connectivity index (χ1v) is 16.5. The Kier molecular flexibility index (Phi) is 12.3. The molecule has 2 aromatic rings. The summed E-state index contributed by atoms with van der Waals surface area (Å²) in [6, 6.07) is 13.1. The van der Waals surface area contributed by atoms with Gasteiger partial charge in [0.15, 0.2) is 0 Å². The second-order valence-electron chi connectivity index (χ2n) is 10.8. The summed E-state index contributed by atoms with van der Waals surface area (Å²) in [7, 11) is -4.25. The van der Waals surface area contributed by atoms with Gasteiger partial charge in [0.2, 0.25) is 5.28 Å². The van der Waals surface area contributed by atoms with Crippen LogP contribution in [0.5, 0.6) is 0 Å². The lowest BCUT2D eigenvalue weighted by Crippen LogP contribution is -2.61. The van der Waals surface area contributed by atoms with E-state index >= 15 is 0 Å². The number of ether oxygens (including phenoxy) is 1. The van der Waals surface area contributed by atoms with Gasteiger partial charge in [-0.3, -0.25) is 14.2 Å². The minimum Gasteiger partial charge on any atom is -0.449 e. The van der Waals surface area contributed by atoms with Crippen molar-refractivity contribution in [2.45, 2.75) is 65.6 Å². The quantitative estimate of drug-likeness (QED) is 0.226. The van der Waals surface area contributed by atoms with E-state index in [0.717, 1.165) is 24.0 Å². The highest BCUT2D eigenvalue weighted by Crippen LogP contribution is 2.59. The predicted molar refractivity (Wildman–Crippen MR) is 165 cm³/mol. The minimum atomic E-state index is -4.25. The number of nitrogens with zero attached hydrogens (tertiary/aromatic N) is 3. The van der Waals surface area contributed by atoms with Crippen LogP contribution in [0.3, 0.4) is 0 Å². The number of hydrogen-bond acceptors (Lipinski definition) is 8. The molecule has 2 heterocycles. The fourth-order valence-electron chi connectivity index (χ4n) is 4.71. The van der Waals surface area contributed by atoms with Gasteiger partial charge in [-0.25, -0.2) is 9.78 Å². The average Bonchev–Trinajstić information content (AvgIpc) is 3.01. The third-order valence-corrected chi connectivity index (χ3v) is 9.88. The van der Waals surface area contributed by atoms with Gasteiger partial charge in [0.05, 0.1) is 25.5 Å². The van der Waals surface area contributed by atoms with Gasteiger partial charge in [-0.2, -0.15) is 0 Å². The van der Waals surface area contributed by atoms with Crippen molar-refractivity contribution in [3.63, 3.8) is 0 Å². The molecule has 1 unspecified atom stereocenters. The summed E-state index contributed by atoms with van der Waals surface area (Å²) in [5.41, 5.74) is 2.39. The topological polar surface area (TPSA) is 127 Å². The van der Waals surface area contributed by atoms with Crippen LogP contribution in [0.2, 0.25) is 0 Å². The molecule has 1 saturated heterocycles. The Labute approximate surface area is 254 Å². The molecular formula is C31H45N4O7P. The lowest BCUT2D eigenvalue weighted by atomic mass is 10.00. The molecule has 3 rings (SSSR count). The lowest BCUT2D eigenvalue weighted by Gasteiger charge is -2.41. The SMILES string of the molecule is CCCCOC(=O)N1CCN(C(=O)C(C)(NC(=O)c2cc(C(C)C)cc(-c3ccccc3)n2)P(=O)(OCC)OCC)CC1. The summed E-state index contributed by atoms with van der Waals surface area (Å²) in [5.74, 6) is -1.23. The number of pyridine rings is 1. The molecule has 1 fully saturated rings. The van der Waals surface area contributed by atoms with Gasteiger partial charge in [0, 0.05) is 31.7 Å². The Morgan fingerprint density at radius 2 is 1.58 bits per heavy atom. The van der Waals surface area contributed by atoms with Crippen molar-refractivity contribution >= 4 is 25.5 Å². The zero-order valence-corrected chi connectivity index (χ0v) is 27.0. The Morgan fingerprint density at radius 1 is 0.977 bits per heavy atom. The molecule has 0 bridgehead atoms. The number of carbonyl (C=O) groups excluding carboxylic acids is 3. The molecule has 11 nitrogen and oxygen atoms in total. The van der Waals surface area contributed by atoms with Crippen LogP contribution in [0.25, 0.3) is 11.3 Å². The second kappa shape index (κ2) is 15.5. The van der Waals surface area contributed by atoms with Crippen molar-refractivity contribution in [2.75, 3.05) is 46.0 Å². The zero-order chi connectivity index (χ0) is 31.6. The van der Waals surface area contributed by atoms with Crippen LogP contribution >= 0.6 is 7.60 Å². The number of unbranched alkanes of at least 4 members (excludes halogenated alkanes) is 1. The first kappa shape index (κ1) is 34.2. The van der Waals surface area contributed by atoms with Crippen LogP contribution < -0.4 is 5.32 Å². The molecule has 12 heteroatoms. The molecule has 43 heavy (non-hydrogen) atoms. The van der Waals surface area contributed by atoms with Gasteiger partial charge in [-0.1, -0.05) is 57.5 Å². The fourth-order valence-corrected chi connectivity index (χ4v) is 6.60. The second-order valence-corrected chi connectivity index (χ2v) is 13.2. The van der Waals surface area contributed by atoms with E-state index in [2.05, 4.69) is 10.3 Å². The van der Waals surface area contributed by atoms with Crippen LogP contribution in [0.4, 0.5) is 4.79 Å². The monoisotopic (exact) mass is 616 g/mol. The van der Waals surface area contributed by atoms with Crippen LogP contribution in [-0.4, -0.2) is 84.0 Å². The molecule has 1 aliphatic heterocycles. The molecule has 1 atom stereocenters. The van der Waals surface area contributed by atoms with Crippen molar-refractivity contribution in [1.29, 1.82) is 0 Å². The molecule has 0 radical (unpaired) electrons. The number of benzene rings is 1. The average molecular weight is 617 g/mol. The van der Waals surface area contributed by atoms with Gasteiger partial charge in [-0.05, 0) is 50.8 Å². The number of piperazine rings is 1. The van der Waals surface area contributed by atoms with E-state index in [1.165, 1.54) is 16.7 Å². The lowest BCUT2D eigenvalue weighted by molar-refractivity contribution is -0.136. The molecule has 1 aromatic heterocycles. The number of hydrogen-bond donors (Lipinski definition) is 1. The van der Waals surface area contributed by atoms with Gasteiger partial charge in [0.1, 0.15) is 5.69 Å². The van der Waals surface area contributed by atoms with Crippen LogP contribution in [0.15, 0.2) is 42.5 Å². The molecule has 3 amide bonds. The summed E-state index contributed by atoms with van der Waals surface area (Å²) >= 11 is 0. The molecule has 0 aliphatic carbocycles. The van der Waals surface area contributed by atoms with E-state index in [4.69, 9.17) is 13.8 Å². The van der Waals surface area contributed by atoms with Gasteiger partial charge in [0.25, 0.3) is 11.8 Å². The van der Waals surface area contributed by atoms with Crippen LogP contribution in [0, 0.1) is 0 Å². The maximum atomic E-state index is 14.3. The number of aromatic nitrogens is 1. The maximum Gasteiger partial charge on any atom is 0.409 e. The Balaban J connectivity index is 1.93. The smallest absolute Gasteiger partial charge is 0.409 e. The Bertz CT molecular complexity index is 1290. The molecule has 236 valence electrons. The summed E-state index contributed by atoms with van der Waals surface area (Å²) < 4.78 is 30.8. The number of rotatable bonds is 13. The number of nitrogens with one attached hydrogen (secondary N) is 1. The van der Waals surface area contributed by atoms with E-state index in [1.54, 1.807) is 19.9 Å². The van der Waals surface area contributed by atoms with Crippen LogP contribution in [-0.2, 0) is 23.1 Å². The summed E-state index contributed by atoms with van der Waals surface area (Å²) in [5, 5.41) is 0.652. The fraction of sp³-hybridized carbons (Fsp3) is 0.548. The van der Waals surface area contributed by atoms with Crippen molar-refractivity contribution in [3.8, 4) is 11.3 Å². The number of amides is 3. The van der Waals surface area contributed by atoms with Crippen molar-refractivity contribution in [2.24, 2.45) is 0 Å². The third kappa shape index (κ3) is 8.22. The number of carbonyl (C=O) groups is 3. The van der Waals surface area contributed by atoms with Crippen LogP contribution in [0.1, 0.15) is 76.4 Å². The van der Waals surface area contributed by atoms with E-state index in [-0.39, 0.29) is 51.0 Å². The third-order valence-electron chi connectivity index (χ3n) is 7.28. The molecule has 1 aromatic carbocycles. The summed E-state index contributed by atoms with van der Waals surface area (Å²) in [6.45, 7) is 11.8. The Hall–Kier alpha value is -3.27.